The number of halogens is 1. The highest BCUT2D eigenvalue weighted by atomic mass is 19.1. The molecule has 148 valence electrons. The number of urea groups is 1. The Morgan fingerprint density at radius 1 is 1.30 bits per heavy atom. The number of rotatable bonds is 7. The minimum atomic E-state index is -1.02. The van der Waals surface area contributed by atoms with Crippen molar-refractivity contribution in [2.75, 3.05) is 39.9 Å². The maximum Gasteiger partial charge on any atom is 0.325 e. The van der Waals surface area contributed by atoms with Crippen LogP contribution in [0.5, 0.6) is 0 Å². The molecule has 6 nitrogen and oxygen atoms in total. The van der Waals surface area contributed by atoms with Crippen molar-refractivity contribution in [2.24, 2.45) is 5.92 Å². The quantitative estimate of drug-likeness (QED) is 0.739. The fourth-order valence-corrected chi connectivity index (χ4v) is 4.28. The van der Waals surface area contributed by atoms with Crippen LogP contribution in [0.4, 0.5) is 9.18 Å². The highest BCUT2D eigenvalue weighted by molar-refractivity contribution is 6.07. The predicted molar refractivity (Wildman–Crippen MR) is 99.8 cm³/mol. The summed E-state index contributed by atoms with van der Waals surface area (Å²) in [7, 11) is 1.54. The topological polar surface area (TPSA) is 61.9 Å². The van der Waals surface area contributed by atoms with Gasteiger partial charge in [-0.15, -0.1) is 0 Å². The number of hydrogen-bond acceptors (Lipinski definition) is 4. The second kappa shape index (κ2) is 8.35. The van der Waals surface area contributed by atoms with Crippen molar-refractivity contribution < 1.29 is 18.7 Å². The molecule has 3 amide bonds. The smallest absolute Gasteiger partial charge is 0.325 e. The average Bonchev–Trinajstić information content (AvgIpc) is 2.90. The molecule has 0 saturated carbocycles. The Morgan fingerprint density at radius 2 is 2.04 bits per heavy atom. The van der Waals surface area contributed by atoms with Gasteiger partial charge in [-0.05, 0) is 56.1 Å². The van der Waals surface area contributed by atoms with Crippen molar-refractivity contribution in [2.45, 2.75) is 31.7 Å². The minimum absolute atomic E-state index is 0.0209. The average molecular weight is 377 g/mol. The monoisotopic (exact) mass is 377 g/mol. The van der Waals surface area contributed by atoms with Gasteiger partial charge in [0.05, 0.1) is 13.2 Å². The molecule has 2 fully saturated rings. The molecule has 27 heavy (non-hydrogen) atoms. The first kappa shape index (κ1) is 19.8. The number of piperidine rings is 1. The Hall–Kier alpha value is -1.99. The third-order valence-electron chi connectivity index (χ3n) is 5.82. The number of amides is 3. The van der Waals surface area contributed by atoms with E-state index < -0.39 is 5.54 Å². The van der Waals surface area contributed by atoms with Gasteiger partial charge in [0.15, 0.2) is 0 Å². The van der Waals surface area contributed by atoms with Crippen molar-refractivity contribution in [3.8, 4) is 0 Å². The van der Waals surface area contributed by atoms with Crippen molar-refractivity contribution in [1.29, 1.82) is 0 Å². The van der Waals surface area contributed by atoms with E-state index >= 15 is 0 Å². The Balaban J connectivity index is 1.89. The summed E-state index contributed by atoms with van der Waals surface area (Å²) in [6, 6.07) is 5.90. The van der Waals surface area contributed by atoms with Crippen LogP contribution in [-0.2, 0) is 16.0 Å². The first-order valence-electron chi connectivity index (χ1n) is 9.60. The van der Waals surface area contributed by atoms with E-state index in [0.717, 1.165) is 38.0 Å². The number of benzene rings is 1. The van der Waals surface area contributed by atoms with Gasteiger partial charge >= 0.3 is 6.03 Å². The van der Waals surface area contributed by atoms with Crippen LogP contribution in [0, 0.1) is 11.7 Å². The van der Waals surface area contributed by atoms with E-state index in [1.165, 1.54) is 17.0 Å². The molecule has 0 spiro atoms. The normalized spacial score (nSPS) is 24.5. The van der Waals surface area contributed by atoms with Crippen LogP contribution in [0.25, 0.3) is 0 Å². The summed E-state index contributed by atoms with van der Waals surface area (Å²) in [6.45, 7) is 5.41. The molecular weight excluding hydrogens is 349 g/mol. The summed E-state index contributed by atoms with van der Waals surface area (Å²) in [5.41, 5.74) is -0.298. The van der Waals surface area contributed by atoms with E-state index in [9.17, 15) is 14.0 Å². The molecule has 1 aromatic rings. The van der Waals surface area contributed by atoms with Gasteiger partial charge < -0.3 is 15.0 Å². The Labute approximate surface area is 159 Å². The number of hydrogen-bond donors (Lipinski definition) is 1. The third kappa shape index (κ3) is 3.99. The van der Waals surface area contributed by atoms with E-state index in [-0.39, 0.29) is 30.2 Å². The van der Waals surface area contributed by atoms with Gasteiger partial charge in [0.25, 0.3) is 5.91 Å². The lowest BCUT2D eigenvalue weighted by Crippen LogP contribution is -2.57. The fraction of sp³-hybridized carbons (Fsp3) is 0.600. The summed E-state index contributed by atoms with van der Waals surface area (Å²) < 4.78 is 18.8. The van der Waals surface area contributed by atoms with Gasteiger partial charge in [0.2, 0.25) is 0 Å². The zero-order chi connectivity index (χ0) is 19.4. The van der Waals surface area contributed by atoms with Crippen molar-refractivity contribution in [3.05, 3.63) is 35.6 Å². The fourth-order valence-electron chi connectivity index (χ4n) is 4.28. The number of imide groups is 1. The maximum absolute atomic E-state index is 13.7. The lowest BCUT2D eigenvalue weighted by Gasteiger charge is -2.40. The van der Waals surface area contributed by atoms with Crippen molar-refractivity contribution >= 4 is 11.9 Å². The molecule has 2 aliphatic heterocycles. The molecule has 3 rings (SSSR count). The summed E-state index contributed by atoms with van der Waals surface area (Å²) in [5.74, 6) is -0.534. The number of methoxy groups -OCH3 is 1. The van der Waals surface area contributed by atoms with Gasteiger partial charge in [-0.1, -0.05) is 19.1 Å². The zero-order valence-corrected chi connectivity index (χ0v) is 16.0. The number of ether oxygens (including phenoxy) is 1. The first-order valence-corrected chi connectivity index (χ1v) is 9.60. The minimum Gasteiger partial charge on any atom is -0.383 e. The van der Waals surface area contributed by atoms with Crippen LogP contribution in [0.3, 0.4) is 0 Å². The molecule has 7 heteroatoms. The van der Waals surface area contributed by atoms with Crippen LogP contribution in [0.2, 0.25) is 0 Å². The Morgan fingerprint density at radius 3 is 2.67 bits per heavy atom. The van der Waals surface area contributed by atoms with Crippen LogP contribution >= 0.6 is 0 Å². The molecule has 2 aliphatic rings. The van der Waals surface area contributed by atoms with E-state index in [4.69, 9.17) is 4.74 Å². The number of nitrogens with zero attached hydrogens (tertiary/aromatic N) is 2. The van der Waals surface area contributed by atoms with E-state index in [0.29, 0.717) is 13.0 Å². The van der Waals surface area contributed by atoms with Gasteiger partial charge in [-0.3, -0.25) is 9.69 Å². The summed E-state index contributed by atoms with van der Waals surface area (Å²) in [6.07, 6.45) is 1.95. The predicted octanol–water partition coefficient (Wildman–Crippen LogP) is 2.04. The largest absolute Gasteiger partial charge is 0.383 e. The van der Waals surface area contributed by atoms with Crippen LogP contribution < -0.4 is 5.32 Å². The van der Waals surface area contributed by atoms with Gasteiger partial charge in [0.1, 0.15) is 11.4 Å². The maximum atomic E-state index is 13.7. The molecule has 0 radical (unpaired) electrons. The second-order valence-electron chi connectivity index (χ2n) is 7.37. The van der Waals surface area contributed by atoms with Crippen LogP contribution in [-0.4, -0.2) is 67.2 Å². The molecule has 1 N–H and O–H groups in total. The van der Waals surface area contributed by atoms with Crippen LogP contribution in [0.15, 0.2) is 24.3 Å². The van der Waals surface area contributed by atoms with Crippen molar-refractivity contribution in [1.82, 2.24) is 15.1 Å². The molecule has 1 unspecified atom stereocenters. The van der Waals surface area contributed by atoms with E-state index in [2.05, 4.69) is 17.1 Å². The first-order chi connectivity index (χ1) is 13.0. The number of carbonyl (C=O) groups excluding carboxylic acids is 2. The molecular formula is C20H28FN3O3. The summed E-state index contributed by atoms with van der Waals surface area (Å²) in [5, 5.41) is 2.99. The van der Waals surface area contributed by atoms with Gasteiger partial charge in [-0.25, -0.2) is 9.18 Å². The third-order valence-corrected chi connectivity index (χ3v) is 5.82. The molecule has 0 aromatic heterocycles. The Bertz CT molecular complexity index is 691. The SMILES string of the molecule is CCN1CCC(C2(Cc3cccc(F)c3)NC(=O)N(CCOC)C2=O)CC1. The van der Waals surface area contributed by atoms with E-state index in [1.807, 2.05) is 6.07 Å². The van der Waals surface area contributed by atoms with Gasteiger partial charge in [0, 0.05) is 13.5 Å². The van der Waals surface area contributed by atoms with Crippen molar-refractivity contribution in [3.63, 3.8) is 0 Å². The standard InChI is InChI=1S/C20H28FN3O3/c1-3-23-9-7-16(8-10-23)20(14-15-5-4-6-17(21)13-15)18(25)24(11-12-27-2)19(26)22-20/h4-6,13,16H,3,7-12,14H2,1-2H3,(H,22,26). The van der Waals surface area contributed by atoms with E-state index in [1.54, 1.807) is 13.2 Å². The second-order valence-corrected chi connectivity index (χ2v) is 7.37. The molecule has 1 aromatic carbocycles. The number of carbonyl (C=O) groups is 2. The Kier molecular flexibility index (Phi) is 6.11. The summed E-state index contributed by atoms with van der Waals surface area (Å²) in [4.78, 5) is 29.5. The molecule has 2 saturated heterocycles. The molecule has 2 heterocycles. The summed E-state index contributed by atoms with van der Waals surface area (Å²) >= 11 is 0. The van der Waals surface area contributed by atoms with Gasteiger partial charge in [-0.2, -0.15) is 0 Å². The lowest BCUT2D eigenvalue weighted by molar-refractivity contribution is -0.134. The molecule has 1 atom stereocenters. The molecule has 0 aliphatic carbocycles. The number of likely N-dealkylation sites (tertiary alicyclic amines) is 1. The number of nitrogens with one attached hydrogen (secondary N) is 1. The molecule has 0 bridgehead atoms. The lowest BCUT2D eigenvalue weighted by atomic mass is 9.74. The zero-order valence-electron chi connectivity index (χ0n) is 16.0. The highest BCUT2D eigenvalue weighted by Gasteiger charge is 2.55. The highest BCUT2D eigenvalue weighted by Crippen LogP contribution is 2.36. The van der Waals surface area contributed by atoms with Crippen LogP contribution in [0.1, 0.15) is 25.3 Å².